The Hall–Kier alpha value is -1.29. The van der Waals surface area contributed by atoms with E-state index in [9.17, 15) is 9.90 Å². The van der Waals surface area contributed by atoms with E-state index in [0.717, 1.165) is 44.1 Å². The third-order valence-corrected chi connectivity index (χ3v) is 4.21. The Labute approximate surface area is 113 Å². The highest BCUT2D eigenvalue weighted by Gasteiger charge is 2.26. The van der Waals surface area contributed by atoms with E-state index < -0.39 is 0 Å². The molecule has 4 nitrogen and oxygen atoms in total. The van der Waals surface area contributed by atoms with Crippen molar-refractivity contribution in [3.8, 4) is 5.75 Å². The molecule has 0 amide bonds. The molecule has 1 aromatic rings. The second-order valence-electron chi connectivity index (χ2n) is 6.14. The van der Waals surface area contributed by atoms with E-state index in [0.29, 0.717) is 6.04 Å². The van der Waals surface area contributed by atoms with Gasteiger partial charge in [0.05, 0.1) is 6.20 Å². The number of hydrogen-bond donors (Lipinski definition) is 1. The molecule has 1 saturated carbocycles. The molecule has 4 heteroatoms. The highest BCUT2D eigenvalue weighted by molar-refractivity contribution is 5.22. The Morgan fingerprint density at radius 2 is 2.16 bits per heavy atom. The lowest BCUT2D eigenvalue weighted by Crippen LogP contribution is -2.35. The lowest BCUT2D eigenvalue weighted by atomic mass is 10.0. The number of aromatic hydroxyl groups is 1. The summed E-state index contributed by atoms with van der Waals surface area (Å²) >= 11 is 0. The summed E-state index contributed by atoms with van der Waals surface area (Å²) in [5.41, 5.74) is 0.802. The fraction of sp³-hybridized carbons (Fsp3) is 0.667. The van der Waals surface area contributed by atoms with Crippen LogP contribution in [-0.4, -0.2) is 27.7 Å². The Morgan fingerprint density at radius 1 is 1.37 bits per heavy atom. The normalized spacial score (nSPS) is 24.6. The van der Waals surface area contributed by atoms with Crippen LogP contribution < -0.4 is 5.43 Å². The van der Waals surface area contributed by atoms with Crippen molar-refractivity contribution in [2.75, 3.05) is 13.1 Å². The summed E-state index contributed by atoms with van der Waals surface area (Å²) in [5.74, 6) is 0.620. The van der Waals surface area contributed by atoms with Gasteiger partial charge < -0.3 is 9.67 Å². The summed E-state index contributed by atoms with van der Waals surface area (Å²) in [5, 5.41) is 9.60. The number of hydrogen-bond acceptors (Lipinski definition) is 3. The first-order valence-corrected chi connectivity index (χ1v) is 7.30. The number of aromatic nitrogens is 1. The van der Waals surface area contributed by atoms with Crippen molar-refractivity contribution in [3.05, 3.63) is 28.2 Å². The van der Waals surface area contributed by atoms with Gasteiger partial charge in [-0.25, -0.2) is 0 Å². The first kappa shape index (κ1) is 12.7. The molecular formula is C15H22N2O2. The van der Waals surface area contributed by atoms with Gasteiger partial charge in [-0.2, -0.15) is 0 Å². The van der Waals surface area contributed by atoms with E-state index >= 15 is 0 Å². The average molecular weight is 262 g/mol. The maximum Gasteiger partial charge on any atom is 0.223 e. The molecule has 0 spiro atoms. The zero-order chi connectivity index (χ0) is 13.4. The Kier molecular flexibility index (Phi) is 3.35. The van der Waals surface area contributed by atoms with Crippen LogP contribution in [0.4, 0.5) is 0 Å². The second-order valence-corrected chi connectivity index (χ2v) is 6.14. The van der Waals surface area contributed by atoms with Crippen LogP contribution in [0.15, 0.2) is 17.1 Å². The first-order valence-electron chi connectivity index (χ1n) is 7.30. The summed E-state index contributed by atoms with van der Waals surface area (Å²) in [4.78, 5) is 14.1. The molecule has 1 aliphatic carbocycles. The largest absolute Gasteiger partial charge is 0.503 e. The van der Waals surface area contributed by atoms with Crippen molar-refractivity contribution in [1.29, 1.82) is 0 Å². The minimum Gasteiger partial charge on any atom is -0.503 e. The predicted molar refractivity (Wildman–Crippen MR) is 74.3 cm³/mol. The minimum absolute atomic E-state index is 0.123. The Morgan fingerprint density at radius 3 is 2.84 bits per heavy atom. The number of pyridine rings is 1. The third-order valence-electron chi connectivity index (χ3n) is 4.21. The van der Waals surface area contributed by atoms with Crippen LogP contribution in [0.5, 0.6) is 5.75 Å². The van der Waals surface area contributed by atoms with Crippen molar-refractivity contribution in [2.45, 2.75) is 45.2 Å². The van der Waals surface area contributed by atoms with Crippen LogP contribution in [0, 0.1) is 5.92 Å². The average Bonchev–Trinajstić information content (AvgIpc) is 3.18. The van der Waals surface area contributed by atoms with E-state index in [-0.39, 0.29) is 11.2 Å². The van der Waals surface area contributed by atoms with E-state index in [1.54, 1.807) is 12.3 Å². The van der Waals surface area contributed by atoms with Crippen molar-refractivity contribution < 1.29 is 5.11 Å². The summed E-state index contributed by atoms with van der Waals surface area (Å²) in [7, 11) is 0. The number of likely N-dealkylation sites (tertiary alicyclic amines) is 1. The van der Waals surface area contributed by atoms with Crippen LogP contribution in [-0.2, 0) is 6.54 Å². The molecule has 1 aromatic heterocycles. The molecule has 19 heavy (non-hydrogen) atoms. The topological polar surface area (TPSA) is 45.5 Å². The van der Waals surface area contributed by atoms with E-state index in [2.05, 4.69) is 16.4 Å². The quantitative estimate of drug-likeness (QED) is 0.907. The smallest absolute Gasteiger partial charge is 0.223 e. The van der Waals surface area contributed by atoms with Gasteiger partial charge in [-0.05, 0) is 38.1 Å². The summed E-state index contributed by atoms with van der Waals surface area (Å²) in [6.45, 7) is 5.34. The number of nitrogens with zero attached hydrogens (tertiary/aromatic N) is 2. The maximum atomic E-state index is 11.7. The van der Waals surface area contributed by atoms with E-state index in [1.807, 2.05) is 0 Å². The molecule has 3 rings (SSSR count). The van der Waals surface area contributed by atoms with Gasteiger partial charge in [-0.3, -0.25) is 9.69 Å². The van der Waals surface area contributed by atoms with E-state index in [4.69, 9.17) is 0 Å². The van der Waals surface area contributed by atoms with Gasteiger partial charge in [-0.1, -0.05) is 6.92 Å². The third kappa shape index (κ3) is 2.84. The molecule has 0 radical (unpaired) electrons. The minimum atomic E-state index is -0.253. The summed E-state index contributed by atoms with van der Waals surface area (Å²) in [6, 6.07) is 2.11. The molecule has 1 aliphatic heterocycles. The molecule has 0 bridgehead atoms. The van der Waals surface area contributed by atoms with Crippen LogP contribution in [0.2, 0.25) is 0 Å². The lowest BCUT2D eigenvalue weighted by Gasteiger charge is -2.31. The van der Waals surface area contributed by atoms with Gasteiger partial charge in [-0.15, -0.1) is 0 Å². The molecule has 1 unspecified atom stereocenters. The highest BCUT2D eigenvalue weighted by atomic mass is 16.3. The lowest BCUT2D eigenvalue weighted by molar-refractivity contribution is 0.172. The molecule has 1 N–H and O–H groups in total. The van der Waals surface area contributed by atoms with E-state index in [1.165, 1.54) is 12.8 Å². The van der Waals surface area contributed by atoms with Gasteiger partial charge in [0, 0.05) is 30.9 Å². The van der Waals surface area contributed by atoms with Crippen molar-refractivity contribution >= 4 is 0 Å². The summed E-state index contributed by atoms with van der Waals surface area (Å²) < 4.78 is 2.11. The fourth-order valence-corrected chi connectivity index (χ4v) is 3.06. The number of rotatable bonds is 3. The second kappa shape index (κ2) is 5.00. The first-order chi connectivity index (χ1) is 9.13. The van der Waals surface area contributed by atoms with Crippen LogP contribution in [0.25, 0.3) is 0 Å². The maximum absolute atomic E-state index is 11.7. The van der Waals surface area contributed by atoms with Crippen molar-refractivity contribution in [3.63, 3.8) is 0 Å². The van der Waals surface area contributed by atoms with Gasteiger partial charge in [0.15, 0.2) is 5.75 Å². The monoisotopic (exact) mass is 262 g/mol. The fourth-order valence-electron chi connectivity index (χ4n) is 3.06. The zero-order valence-corrected chi connectivity index (χ0v) is 11.5. The van der Waals surface area contributed by atoms with Gasteiger partial charge >= 0.3 is 0 Å². The molecule has 104 valence electrons. The van der Waals surface area contributed by atoms with Gasteiger partial charge in [0.2, 0.25) is 5.43 Å². The molecular weight excluding hydrogens is 240 g/mol. The summed E-state index contributed by atoms with van der Waals surface area (Å²) in [6.07, 6.45) is 6.49. The zero-order valence-electron chi connectivity index (χ0n) is 11.5. The highest BCUT2D eigenvalue weighted by Crippen LogP contribution is 2.36. The molecule has 2 heterocycles. The molecule has 1 atom stereocenters. The SMILES string of the molecule is CC1CCCN(Cc2cc(=O)c(O)cn2C2CC2)C1. The molecule has 0 aromatic carbocycles. The standard InChI is InChI=1S/C15H22N2O2/c1-11-3-2-6-16(8-11)9-13-7-14(18)15(19)10-17(13)12-4-5-12/h7,10-12,19H,2-6,8-9H2,1H3. The Bertz CT molecular complexity index is 519. The van der Waals surface area contributed by atoms with Crippen molar-refractivity contribution in [2.24, 2.45) is 5.92 Å². The predicted octanol–water partition coefficient (Wildman–Crippen LogP) is 2.12. The Balaban J connectivity index is 1.82. The molecule has 2 aliphatic rings. The van der Waals surface area contributed by atoms with Gasteiger partial charge in [0.25, 0.3) is 0 Å². The van der Waals surface area contributed by atoms with Crippen LogP contribution >= 0.6 is 0 Å². The van der Waals surface area contributed by atoms with Crippen LogP contribution in [0.1, 0.15) is 44.3 Å². The van der Waals surface area contributed by atoms with Crippen LogP contribution in [0.3, 0.4) is 0 Å². The molecule has 2 fully saturated rings. The van der Waals surface area contributed by atoms with Gasteiger partial charge in [0.1, 0.15) is 0 Å². The number of piperidine rings is 1. The molecule has 1 saturated heterocycles. The van der Waals surface area contributed by atoms with Crippen molar-refractivity contribution in [1.82, 2.24) is 9.47 Å².